The number of ketones is 1. The second kappa shape index (κ2) is 5.19. The predicted molar refractivity (Wildman–Crippen MR) is 92.6 cm³/mol. The van der Waals surface area contributed by atoms with Crippen LogP contribution in [0.15, 0.2) is 42.5 Å². The topological polar surface area (TPSA) is 46.2 Å². The molecule has 2 aliphatic rings. The van der Waals surface area contributed by atoms with Crippen molar-refractivity contribution in [3.63, 3.8) is 0 Å². The van der Waals surface area contributed by atoms with Gasteiger partial charge in [-0.25, -0.2) is 0 Å². The molecule has 3 nitrogen and oxygen atoms in total. The third-order valence-electron chi connectivity index (χ3n) is 5.63. The molecule has 1 aromatic rings. The summed E-state index contributed by atoms with van der Waals surface area (Å²) in [6.07, 6.45) is 6.63. The number of anilines is 1. The fourth-order valence-electron chi connectivity index (χ4n) is 4.12. The van der Waals surface area contributed by atoms with Crippen LogP contribution in [0, 0.1) is 11.3 Å². The molecule has 1 aromatic carbocycles. The fraction of sp³-hybridized carbons (Fsp3) is 0.400. The number of carbonyl (C=O) groups is 2. The second-order valence-corrected chi connectivity index (χ2v) is 7.44. The summed E-state index contributed by atoms with van der Waals surface area (Å²) in [6, 6.07) is 5.71. The smallest absolute Gasteiger partial charge is 0.211 e. The van der Waals surface area contributed by atoms with E-state index in [1.807, 2.05) is 18.2 Å². The maximum absolute atomic E-state index is 13.2. The monoisotopic (exact) mass is 309 g/mol. The summed E-state index contributed by atoms with van der Waals surface area (Å²) in [4.78, 5) is 24.1. The Labute approximate surface area is 137 Å². The van der Waals surface area contributed by atoms with Crippen LogP contribution in [-0.4, -0.2) is 12.2 Å². The highest BCUT2D eigenvalue weighted by molar-refractivity contribution is 6.16. The maximum Gasteiger partial charge on any atom is 0.211 e. The Kier molecular flexibility index (Phi) is 3.55. The largest absolute Gasteiger partial charge is 0.328 e. The van der Waals surface area contributed by atoms with Crippen molar-refractivity contribution in [1.29, 1.82) is 0 Å². The van der Waals surface area contributed by atoms with Gasteiger partial charge in [0.25, 0.3) is 0 Å². The van der Waals surface area contributed by atoms with Gasteiger partial charge in [-0.15, -0.1) is 6.58 Å². The van der Waals surface area contributed by atoms with Crippen LogP contribution in [0.3, 0.4) is 0 Å². The minimum atomic E-state index is -0.141. The molecule has 0 unspecified atom stereocenters. The van der Waals surface area contributed by atoms with Crippen LogP contribution in [0.4, 0.5) is 5.69 Å². The van der Waals surface area contributed by atoms with Gasteiger partial charge in [0.05, 0.1) is 5.69 Å². The average Bonchev–Trinajstić information content (AvgIpc) is 2.53. The molecular weight excluding hydrogens is 286 g/mol. The van der Waals surface area contributed by atoms with Crippen molar-refractivity contribution in [3.05, 3.63) is 53.6 Å². The molecule has 0 heterocycles. The average molecular weight is 309 g/mol. The van der Waals surface area contributed by atoms with E-state index in [1.54, 1.807) is 6.07 Å². The summed E-state index contributed by atoms with van der Waals surface area (Å²) in [5, 5.41) is 2.69. The molecule has 0 aromatic heterocycles. The molecule has 3 heteroatoms. The highest BCUT2D eigenvalue weighted by Crippen LogP contribution is 2.52. The van der Waals surface area contributed by atoms with E-state index in [2.05, 4.69) is 38.7 Å². The van der Waals surface area contributed by atoms with Crippen LogP contribution in [0.1, 0.15) is 49.5 Å². The third-order valence-corrected chi connectivity index (χ3v) is 5.63. The van der Waals surface area contributed by atoms with Crippen LogP contribution < -0.4 is 5.32 Å². The van der Waals surface area contributed by atoms with Crippen molar-refractivity contribution >= 4 is 17.9 Å². The molecular formula is C20H23NO2. The number of rotatable bonds is 3. The molecule has 0 bridgehead atoms. The number of benzene rings is 1. The van der Waals surface area contributed by atoms with Crippen LogP contribution in [0.25, 0.3) is 0 Å². The van der Waals surface area contributed by atoms with Crippen molar-refractivity contribution < 1.29 is 9.59 Å². The van der Waals surface area contributed by atoms with Crippen molar-refractivity contribution in [1.82, 2.24) is 0 Å². The molecule has 0 fully saturated rings. The molecule has 0 saturated heterocycles. The molecule has 2 atom stereocenters. The molecule has 3 rings (SSSR count). The lowest BCUT2D eigenvalue weighted by Gasteiger charge is -2.46. The molecule has 23 heavy (non-hydrogen) atoms. The number of carbonyl (C=O) groups excluding carboxylic acids is 2. The van der Waals surface area contributed by atoms with Gasteiger partial charge in [-0.1, -0.05) is 45.1 Å². The van der Waals surface area contributed by atoms with Crippen molar-refractivity contribution in [2.75, 3.05) is 5.32 Å². The standard InChI is InChI=1S/C20H23NO2/c1-5-20(4)10-9-14-13(11-20)18(23)17-15(19(14,2)3)7-6-8-16(17)21-12-22/h5-8,11-12,14H,1,9-10H2,2-4H3,(H,21,22)/t14-,20-/m0/s1. The normalized spacial score (nSPS) is 28.2. The molecule has 120 valence electrons. The van der Waals surface area contributed by atoms with Gasteiger partial charge in [-0.2, -0.15) is 0 Å². The van der Waals surface area contributed by atoms with Crippen LogP contribution in [0.2, 0.25) is 0 Å². The molecule has 1 amide bonds. The fourth-order valence-corrected chi connectivity index (χ4v) is 4.12. The summed E-state index contributed by atoms with van der Waals surface area (Å²) in [7, 11) is 0. The van der Waals surface area contributed by atoms with E-state index in [0.717, 1.165) is 24.0 Å². The van der Waals surface area contributed by atoms with Crippen LogP contribution in [-0.2, 0) is 10.2 Å². The molecule has 0 radical (unpaired) electrons. The second-order valence-electron chi connectivity index (χ2n) is 7.44. The Morgan fingerprint density at radius 3 is 2.70 bits per heavy atom. The Morgan fingerprint density at radius 2 is 2.04 bits per heavy atom. The number of hydrogen-bond acceptors (Lipinski definition) is 2. The first-order valence-corrected chi connectivity index (χ1v) is 8.09. The van der Waals surface area contributed by atoms with Gasteiger partial charge in [0.15, 0.2) is 5.78 Å². The highest BCUT2D eigenvalue weighted by Gasteiger charge is 2.47. The predicted octanol–water partition coefficient (Wildman–Crippen LogP) is 4.26. The van der Waals surface area contributed by atoms with Crippen LogP contribution >= 0.6 is 0 Å². The zero-order chi connectivity index (χ0) is 16.8. The molecule has 1 N–H and O–H groups in total. The van der Waals surface area contributed by atoms with Gasteiger partial charge in [0.1, 0.15) is 0 Å². The van der Waals surface area contributed by atoms with E-state index in [-0.39, 0.29) is 22.5 Å². The maximum atomic E-state index is 13.2. The lowest BCUT2D eigenvalue weighted by molar-refractivity contribution is -0.105. The highest BCUT2D eigenvalue weighted by atomic mass is 16.1. The van der Waals surface area contributed by atoms with E-state index >= 15 is 0 Å². The summed E-state index contributed by atoms with van der Waals surface area (Å²) in [5.74, 6) is 0.254. The van der Waals surface area contributed by atoms with E-state index in [4.69, 9.17) is 0 Å². The van der Waals surface area contributed by atoms with Crippen LogP contribution in [0.5, 0.6) is 0 Å². The summed E-state index contributed by atoms with van der Waals surface area (Å²) >= 11 is 0. The lowest BCUT2D eigenvalue weighted by atomic mass is 9.57. The summed E-state index contributed by atoms with van der Waals surface area (Å²) < 4.78 is 0. The number of hydrogen-bond donors (Lipinski definition) is 1. The molecule has 0 saturated carbocycles. The van der Waals surface area contributed by atoms with E-state index in [0.29, 0.717) is 17.7 Å². The number of fused-ring (bicyclic) bond motifs is 2. The van der Waals surface area contributed by atoms with E-state index in [1.165, 1.54) is 0 Å². The zero-order valence-corrected chi connectivity index (χ0v) is 14.0. The first kappa shape index (κ1) is 15.7. The number of amides is 1. The first-order chi connectivity index (χ1) is 10.8. The van der Waals surface area contributed by atoms with Gasteiger partial charge in [-0.05, 0) is 35.8 Å². The Bertz CT molecular complexity index is 729. The van der Waals surface area contributed by atoms with Gasteiger partial charge < -0.3 is 5.32 Å². The molecule has 0 spiro atoms. The summed E-state index contributed by atoms with van der Waals surface area (Å²) in [6.45, 7) is 10.4. The first-order valence-electron chi connectivity index (χ1n) is 8.09. The van der Waals surface area contributed by atoms with Gasteiger partial charge >= 0.3 is 0 Å². The minimum Gasteiger partial charge on any atom is -0.328 e. The molecule has 2 aliphatic carbocycles. The SMILES string of the molecule is C=C[C@]1(C)C=C2C(=O)c3c(NC=O)cccc3C(C)(C)[C@H]2CC1. The molecule has 0 aliphatic heterocycles. The van der Waals surface area contributed by atoms with Crippen molar-refractivity contribution in [2.45, 2.75) is 39.0 Å². The van der Waals surface area contributed by atoms with Crippen molar-refractivity contribution in [2.24, 2.45) is 11.3 Å². The number of allylic oxidation sites excluding steroid dienone is 3. The van der Waals surface area contributed by atoms with E-state index in [9.17, 15) is 9.59 Å². The lowest BCUT2D eigenvalue weighted by Crippen LogP contribution is -2.42. The third kappa shape index (κ3) is 2.26. The van der Waals surface area contributed by atoms with Gasteiger partial charge in [0, 0.05) is 16.6 Å². The zero-order valence-electron chi connectivity index (χ0n) is 14.0. The minimum absolute atomic E-state index is 0.0436. The Balaban J connectivity index is 2.25. The number of Topliss-reactive ketones (excluding diaryl/α,β-unsaturated/α-hetero) is 1. The van der Waals surface area contributed by atoms with Crippen molar-refractivity contribution in [3.8, 4) is 0 Å². The van der Waals surface area contributed by atoms with E-state index < -0.39 is 0 Å². The summed E-state index contributed by atoms with van der Waals surface area (Å²) in [5.41, 5.74) is 2.86. The van der Waals surface area contributed by atoms with Gasteiger partial charge in [0.2, 0.25) is 6.41 Å². The van der Waals surface area contributed by atoms with Gasteiger partial charge in [-0.3, -0.25) is 9.59 Å². The quantitative estimate of drug-likeness (QED) is 0.670. The Morgan fingerprint density at radius 1 is 1.30 bits per heavy atom. The Hall–Kier alpha value is -2.16. The number of nitrogens with one attached hydrogen (secondary N) is 1.